The molecule has 34 heavy (non-hydrogen) atoms. The maximum atomic E-state index is 12.2. The summed E-state index contributed by atoms with van der Waals surface area (Å²) >= 11 is 0. The number of likely N-dealkylation sites (N-methyl/N-ethyl adjacent to an activating group) is 1. The summed E-state index contributed by atoms with van der Waals surface area (Å²) in [5.74, 6) is 1.05. The third-order valence-corrected chi connectivity index (χ3v) is 7.48. The highest BCUT2D eigenvalue weighted by atomic mass is 16.2. The fourth-order valence-corrected chi connectivity index (χ4v) is 5.48. The number of fused-ring (bicyclic) bond motifs is 2. The Morgan fingerprint density at radius 3 is 2.68 bits per heavy atom. The second-order valence-electron chi connectivity index (χ2n) is 9.88. The molecule has 1 aromatic carbocycles. The van der Waals surface area contributed by atoms with Gasteiger partial charge in [0, 0.05) is 35.8 Å². The number of carbonyl (C=O) groups is 1. The van der Waals surface area contributed by atoms with Crippen molar-refractivity contribution < 1.29 is 4.79 Å². The minimum atomic E-state index is 0.198. The quantitative estimate of drug-likeness (QED) is 0.460. The fourth-order valence-electron chi connectivity index (χ4n) is 5.48. The van der Waals surface area contributed by atoms with E-state index in [1.807, 2.05) is 16.5 Å². The lowest BCUT2D eigenvalue weighted by Crippen LogP contribution is -2.41. The molecule has 7 nitrogen and oxygen atoms in total. The van der Waals surface area contributed by atoms with E-state index in [0.29, 0.717) is 18.4 Å². The Hall–Kier alpha value is -3.19. The van der Waals surface area contributed by atoms with E-state index in [4.69, 9.17) is 0 Å². The standard InChI is InChI=1S/C27H34N6O/c1-16(2)25-21-12-20(19-8-10-32(11-9-19)24(34)13-28-5)6-7-23(21)31-26(25)22-14-33-27(29-15-30-33)18(4)17(22)3/h6-7,12,14-16,19,28,31H,8-11,13H2,1-5H3. The smallest absolute Gasteiger partial charge is 0.236 e. The number of nitrogens with zero attached hydrogens (tertiary/aromatic N) is 4. The van der Waals surface area contributed by atoms with Gasteiger partial charge in [-0.1, -0.05) is 19.9 Å². The molecule has 5 rings (SSSR count). The number of hydrogen-bond acceptors (Lipinski definition) is 4. The highest BCUT2D eigenvalue weighted by molar-refractivity contribution is 5.92. The van der Waals surface area contributed by atoms with Crippen LogP contribution in [0, 0.1) is 13.8 Å². The van der Waals surface area contributed by atoms with Gasteiger partial charge in [0.05, 0.1) is 12.2 Å². The average Bonchev–Trinajstić information content (AvgIpc) is 3.45. The number of nitrogens with one attached hydrogen (secondary N) is 2. The van der Waals surface area contributed by atoms with Gasteiger partial charge in [0.25, 0.3) is 0 Å². The van der Waals surface area contributed by atoms with Gasteiger partial charge in [-0.2, -0.15) is 5.10 Å². The van der Waals surface area contributed by atoms with E-state index in [9.17, 15) is 4.79 Å². The van der Waals surface area contributed by atoms with Crippen LogP contribution in [0.15, 0.2) is 30.7 Å². The molecule has 3 aromatic heterocycles. The zero-order chi connectivity index (χ0) is 24.0. The first-order valence-electron chi connectivity index (χ1n) is 12.3. The molecule has 1 aliphatic rings. The summed E-state index contributed by atoms with van der Waals surface area (Å²) in [5.41, 5.74) is 9.53. The van der Waals surface area contributed by atoms with Crippen molar-refractivity contribution in [3.05, 3.63) is 53.0 Å². The van der Waals surface area contributed by atoms with Gasteiger partial charge in [0.1, 0.15) is 6.33 Å². The summed E-state index contributed by atoms with van der Waals surface area (Å²) in [6.07, 6.45) is 5.73. The minimum absolute atomic E-state index is 0.198. The predicted molar refractivity (Wildman–Crippen MR) is 136 cm³/mol. The number of H-pyrrole nitrogens is 1. The largest absolute Gasteiger partial charge is 0.354 e. The molecule has 0 radical (unpaired) electrons. The number of aryl methyl sites for hydroxylation is 1. The molecule has 4 heterocycles. The van der Waals surface area contributed by atoms with Crippen molar-refractivity contribution in [3.8, 4) is 11.3 Å². The number of rotatable bonds is 5. The molecule has 0 spiro atoms. The van der Waals surface area contributed by atoms with Crippen molar-refractivity contribution in [1.82, 2.24) is 29.8 Å². The van der Waals surface area contributed by atoms with E-state index in [-0.39, 0.29) is 5.91 Å². The SMILES string of the molecule is CNCC(=O)N1CCC(c2ccc3[nH]c(-c4cn5ncnc5c(C)c4C)c(C(C)C)c3c2)CC1. The van der Waals surface area contributed by atoms with Crippen LogP contribution in [0.25, 0.3) is 27.8 Å². The lowest BCUT2D eigenvalue weighted by atomic mass is 9.87. The monoisotopic (exact) mass is 458 g/mol. The molecular weight excluding hydrogens is 424 g/mol. The highest BCUT2D eigenvalue weighted by Gasteiger charge is 2.25. The number of benzene rings is 1. The molecule has 0 bridgehead atoms. The summed E-state index contributed by atoms with van der Waals surface area (Å²) < 4.78 is 1.88. The zero-order valence-corrected chi connectivity index (χ0v) is 20.8. The normalized spacial score (nSPS) is 15.2. The van der Waals surface area contributed by atoms with Gasteiger partial charge in [-0.25, -0.2) is 9.50 Å². The summed E-state index contributed by atoms with van der Waals surface area (Å²) in [4.78, 5) is 22.4. The first-order chi connectivity index (χ1) is 16.4. The molecule has 7 heteroatoms. The van der Waals surface area contributed by atoms with Crippen LogP contribution in [0.4, 0.5) is 0 Å². The molecule has 1 fully saturated rings. The number of likely N-dealkylation sites (tertiary alicyclic amines) is 1. The Kier molecular flexibility index (Phi) is 5.90. The second-order valence-corrected chi connectivity index (χ2v) is 9.88. The molecule has 0 atom stereocenters. The number of pyridine rings is 1. The third kappa shape index (κ3) is 3.78. The van der Waals surface area contributed by atoms with E-state index < -0.39 is 0 Å². The topological polar surface area (TPSA) is 78.3 Å². The summed E-state index contributed by atoms with van der Waals surface area (Å²) in [6, 6.07) is 6.88. The van der Waals surface area contributed by atoms with Crippen LogP contribution in [-0.4, -0.2) is 57.1 Å². The van der Waals surface area contributed by atoms with Crippen molar-refractivity contribution in [3.63, 3.8) is 0 Å². The third-order valence-electron chi connectivity index (χ3n) is 7.48. The van der Waals surface area contributed by atoms with Crippen molar-refractivity contribution in [2.75, 3.05) is 26.7 Å². The van der Waals surface area contributed by atoms with E-state index in [1.54, 1.807) is 6.33 Å². The predicted octanol–water partition coefficient (Wildman–Crippen LogP) is 4.54. The van der Waals surface area contributed by atoms with Crippen LogP contribution < -0.4 is 5.32 Å². The Balaban J connectivity index is 1.53. The number of aromatic nitrogens is 4. The molecule has 1 aliphatic heterocycles. The van der Waals surface area contributed by atoms with Gasteiger partial charge < -0.3 is 15.2 Å². The van der Waals surface area contributed by atoms with E-state index in [0.717, 1.165) is 37.1 Å². The van der Waals surface area contributed by atoms with Gasteiger partial charge >= 0.3 is 0 Å². The first kappa shape index (κ1) is 22.6. The van der Waals surface area contributed by atoms with Gasteiger partial charge in [-0.3, -0.25) is 4.79 Å². The van der Waals surface area contributed by atoms with Crippen molar-refractivity contribution in [2.24, 2.45) is 0 Å². The van der Waals surface area contributed by atoms with Gasteiger partial charge in [-0.15, -0.1) is 0 Å². The van der Waals surface area contributed by atoms with Crippen LogP contribution in [0.5, 0.6) is 0 Å². The van der Waals surface area contributed by atoms with Crippen molar-refractivity contribution in [2.45, 2.75) is 52.4 Å². The zero-order valence-electron chi connectivity index (χ0n) is 20.8. The molecule has 4 aromatic rings. The van der Waals surface area contributed by atoms with Crippen LogP contribution in [0.1, 0.15) is 60.8 Å². The minimum Gasteiger partial charge on any atom is -0.354 e. The second kappa shape index (κ2) is 8.87. The number of carbonyl (C=O) groups excluding carboxylic acids is 1. The van der Waals surface area contributed by atoms with Crippen molar-refractivity contribution in [1.29, 1.82) is 0 Å². The van der Waals surface area contributed by atoms with Gasteiger partial charge in [0.2, 0.25) is 5.91 Å². The summed E-state index contributed by atoms with van der Waals surface area (Å²) in [6.45, 7) is 10.9. The van der Waals surface area contributed by atoms with E-state index in [2.05, 4.69) is 72.5 Å². The summed E-state index contributed by atoms with van der Waals surface area (Å²) in [7, 11) is 1.82. The summed E-state index contributed by atoms with van der Waals surface area (Å²) in [5, 5.41) is 8.67. The molecule has 0 aliphatic carbocycles. The Morgan fingerprint density at radius 2 is 1.97 bits per heavy atom. The van der Waals surface area contributed by atoms with E-state index >= 15 is 0 Å². The lowest BCUT2D eigenvalue weighted by Gasteiger charge is -2.32. The maximum Gasteiger partial charge on any atom is 0.236 e. The van der Waals surface area contributed by atoms with Crippen LogP contribution in [-0.2, 0) is 4.79 Å². The number of piperidine rings is 1. The Bertz CT molecular complexity index is 1360. The Morgan fingerprint density at radius 1 is 1.21 bits per heavy atom. The molecular formula is C27H34N6O. The molecule has 1 saturated heterocycles. The van der Waals surface area contributed by atoms with Gasteiger partial charge in [0.15, 0.2) is 5.65 Å². The molecule has 2 N–H and O–H groups in total. The van der Waals surface area contributed by atoms with Crippen LogP contribution in [0.2, 0.25) is 0 Å². The lowest BCUT2D eigenvalue weighted by molar-refractivity contribution is -0.131. The average molecular weight is 459 g/mol. The molecule has 0 unspecified atom stereocenters. The highest BCUT2D eigenvalue weighted by Crippen LogP contribution is 2.39. The van der Waals surface area contributed by atoms with Crippen LogP contribution in [0.3, 0.4) is 0 Å². The van der Waals surface area contributed by atoms with Crippen LogP contribution >= 0.6 is 0 Å². The van der Waals surface area contributed by atoms with Crippen molar-refractivity contribution >= 4 is 22.5 Å². The number of aromatic amines is 1. The number of amides is 1. The van der Waals surface area contributed by atoms with Gasteiger partial charge in [-0.05, 0) is 80.0 Å². The first-order valence-corrected chi connectivity index (χ1v) is 12.3. The fraction of sp³-hybridized carbons (Fsp3) is 0.444. The molecule has 0 saturated carbocycles. The maximum absolute atomic E-state index is 12.2. The molecule has 1 amide bonds. The Labute approximate surface area is 200 Å². The van der Waals surface area contributed by atoms with E-state index in [1.165, 1.54) is 38.9 Å². The number of hydrogen-bond donors (Lipinski definition) is 2. The molecule has 178 valence electrons.